The van der Waals surface area contributed by atoms with Gasteiger partial charge < -0.3 is 14.7 Å². The number of benzene rings is 2. The molecule has 0 saturated carbocycles. The van der Waals surface area contributed by atoms with E-state index in [1.54, 1.807) is 47.6 Å². The Kier molecular flexibility index (Phi) is 8.53. The Morgan fingerprint density at radius 3 is 2.17 bits per heavy atom. The summed E-state index contributed by atoms with van der Waals surface area (Å²) >= 11 is 18.5. The molecule has 0 saturated heterocycles. The highest BCUT2D eigenvalue weighted by atomic mass is 35.5. The first-order chi connectivity index (χ1) is 13.8. The van der Waals surface area contributed by atoms with E-state index in [9.17, 15) is 0 Å². The van der Waals surface area contributed by atoms with Crippen molar-refractivity contribution in [3.63, 3.8) is 0 Å². The van der Waals surface area contributed by atoms with E-state index in [0.717, 1.165) is 5.56 Å². The maximum absolute atomic E-state index is 8.36. The second-order valence-electron chi connectivity index (χ2n) is 5.56. The van der Waals surface area contributed by atoms with Crippen LogP contribution in [0.3, 0.4) is 0 Å². The van der Waals surface area contributed by atoms with E-state index in [-0.39, 0.29) is 6.79 Å². The summed E-state index contributed by atoms with van der Waals surface area (Å²) in [5.74, 6) is 0.639. The van der Waals surface area contributed by atoms with Crippen LogP contribution in [-0.2, 0) is 16.3 Å². The number of hydrogen-bond donors (Lipinski definition) is 1. The molecule has 0 aliphatic rings. The Labute approximate surface area is 181 Å². The Hall–Kier alpha value is -2.52. The molecule has 3 rings (SSSR count). The zero-order chi connectivity index (χ0) is 21.3. The Bertz CT molecular complexity index is 888. The van der Waals surface area contributed by atoms with Gasteiger partial charge >= 0.3 is 0 Å². The third-order valence-electron chi connectivity index (χ3n) is 3.54. The Morgan fingerprint density at radius 2 is 1.66 bits per heavy atom. The molecule has 0 radical (unpaired) electrons. The Morgan fingerprint density at radius 1 is 1.10 bits per heavy atom. The van der Waals surface area contributed by atoms with Crippen molar-refractivity contribution in [2.24, 2.45) is 0 Å². The van der Waals surface area contributed by atoms with Crippen LogP contribution in [0.2, 0.25) is 10.0 Å². The number of halogens is 3. The summed E-state index contributed by atoms with van der Waals surface area (Å²) in [5.41, 5.74) is 0.972. The summed E-state index contributed by atoms with van der Waals surface area (Å²) in [6.07, 6.45) is 5.39. The van der Waals surface area contributed by atoms with Crippen LogP contribution in [0.25, 0.3) is 0 Å². The molecular weight excluding hydrogens is 445 g/mol. The maximum atomic E-state index is 8.36. The molecule has 0 amide bonds. The van der Waals surface area contributed by atoms with Gasteiger partial charge in [-0.1, -0.05) is 46.9 Å². The maximum Gasteiger partial charge on any atom is 0.291 e. The topological polar surface area (TPSA) is 99.7 Å². The van der Waals surface area contributed by atoms with Gasteiger partial charge in [-0.3, -0.25) is 4.57 Å². The van der Waals surface area contributed by atoms with Crippen LogP contribution in [0.4, 0.5) is 0 Å². The molecule has 0 bridgehead atoms. The number of nitrogens with zero attached hydrogens (tertiary/aromatic N) is 3. The number of imidazole rings is 1. The van der Waals surface area contributed by atoms with Crippen LogP contribution in [0.1, 0.15) is 5.56 Å². The van der Waals surface area contributed by atoms with E-state index in [0.29, 0.717) is 22.2 Å². The minimum atomic E-state index is -1.50. The van der Waals surface area contributed by atoms with E-state index in [1.165, 1.54) is 0 Å². The first-order valence-corrected chi connectivity index (χ1v) is 9.19. The molecule has 1 heterocycles. The molecule has 154 valence electrons. The van der Waals surface area contributed by atoms with Gasteiger partial charge in [-0.25, -0.2) is 4.98 Å². The zero-order valence-corrected chi connectivity index (χ0v) is 17.1. The van der Waals surface area contributed by atoms with Crippen LogP contribution < -0.4 is 4.74 Å². The van der Waals surface area contributed by atoms with Gasteiger partial charge in [-0.2, -0.15) is 0 Å². The van der Waals surface area contributed by atoms with Crippen LogP contribution in [0, 0.1) is 10.1 Å². The molecule has 8 nitrogen and oxygen atoms in total. The molecule has 2 aromatic carbocycles. The molecule has 0 aliphatic heterocycles. The molecule has 29 heavy (non-hydrogen) atoms. The molecule has 1 atom stereocenters. The van der Waals surface area contributed by atoms with Crippen molar-refractivity contribution >= 4 is 34.8 Å². The average molecular weight is 461 g/mol. The summed E-state index contributed by atoms with van der Waals surface area (Å²) in [6.45, 7) is -0.0309. The number of ether oxygens (including phenoxy) is 2. The first kappa shape index (κ1) is 22.8. The summed E-state index contributed by atoms with van der Waals surface area (Å²) in [4.78, 5) is 12.4. The van der Waals surface area contributed by atoms with Crippen molar-refractivity contribution < 1.29 is 19.8 Å². The van der Waals surface area contributed by atoms with Crippen molar-refractivity contribution in [1.29, 1.82) is 0 Å². The number of rotatable bonds is 7. The van der Waals surface area contributed by atoms with Crippen molar-refractivity contribution in [2.75, 3.05) is 6.79 Å². The molecule has 1 aromatic heterocycles. The molecule has 0 spiro atoms. The lowest BCUT2D eigenvalue weighted by Crippen LogP contribution is -2.33. The molecule has 0 aliphatic carbocycles. The lowest BCUT2D eigenvalue weighted by molar-refractivity contribution is -0.742. The molecular formula is C18H16Cl3N3O5. The van der Waals surface area contributed by atoms with Gasteiger partial charge in [-0.05, 0) is 42.0 Å². The van der Waals surface area contributed by atoms with Gasteiger partial charge in [0.25, 0.3) is 5.09 Å². The quantitative estimate of drug-likeness (QED) is 0.231. The van der Waals surface area contributed by atoms with Gasteiger partial charge in [0.2, 0.25) is 5.18 Å². The smallest absolute Gasteiger partial charge is 0.291 e. The van der Waals surface area contributed by atoms with Crippen molar-refractivity contribution in [3.05, 3.63) is 93.0 Å². The predicted molar refractivity (Wildman–Crippen MR) is 108 cm³/mol. The molecule has 0 fully saturated rings. The average Bonchev–Trinajstić information content (AvgIpc) is 3.21. The van der Waals surface area contributed by atoms with Gasteiger partial charge in [0.1, 0.15) is 5.75 Å². The van der Waals surface area contributed by atoms with E-state index in [2.05, 4.69) is 4.98 Å². The standard InChI is InChI=1S/C18H15Cl3N2O2.HNO3/c19-15-3-1-14(2-4-15)11-18(21,23-10-9-22-12-23)25-13-24-17-7-5-16(20)6-8-17;2-1(3)4/h1-10,12H,11,13H2;(H,2,3,4). The highest BCUT2D eigenvalue weighted by Gasteiger charge is 2.31. The molecule has 11 heteroatoms. The molecule has 3 aromatic rings. The van der Waals surface area contributed by atoms with Gasteiger partial charge in [0, 0.05) is 28.9 Å². The summed E-state index contributed by atoms with van der Waals surface area (Å²) in [7, 11) is 0. The lowest BCUT2D eigenvalue weighted by Gasteiger charge is -2.28. The number of aromatic nitrogens is 2. The summed E-state index contributed by atoms with van der Waals surface area (Å²) < 4.78 is 13.1. The van der Waals surface area contributed by atoms with Crippen LogP contribution in [0.5, 0.6) is 5.75 Å². The zero-order valence-electron chi connectivity index (χ0n) is 14.8. The monoisotopic (exact) mass is 459 g/mol. The molecule has 1 unspecified atom stereocenters. The highest BCUT2D eigenvalue weighted by Crippen LogP contribution is 2.29. The van der Waals surface area contributed by atoms with E-state index in [4.69, 9.17) is 59.6 Å². The summed E-state index contributed by atoms with van der Waals surface area (Å²) in [5, 5.41) is 13.8. The fourth-order valence-electron chi connectivity index (χ4n) is 2.25. The normalized spacial score (nSPS) is 12.4. The van der Waals surface area contributed by atoms with E-state index < -0.39 is 10.3 Å². The van der Waals surface area contributed by atoms with Crippen molar-refractivity contribution in [2.45, 2.75) is 11.6 Å². The second-order valence-corrected chi connectivity index (χ2v) is 7.02. The Balaban J connectivity index is 0.000000687. The lowest BCUT2D eigenvalue weighted by atomic mass is 10.1. The largest absolute Gasteiger partial charge is 0.467 e. The fourth-order valence-corrected chi connectivity index (χ4v) is 2.80. The van der Waals surface area contributed by atoms with Gasteiger partial charge in [0.05, 0.1) is 6.33 Å². The van der Waals surface area contributed by atoms with E-state index in [1.807, 2.05) is 24.3 Å². The minimum Gasteiger partial charge on any atom is -0.467 e. The SMILES string of the molecule is Clc1ccc(CC(Cl)(OCOc2ccc(Cl)cc2)n2ccnc2)cc1.O=[N+]([O-])O. The minimum absolute atomic E-state index is 0.0309. The second kappa shape index (κ2) is 10.9. The van der Waals surface area contributed by atoms with Gasteiger partial charge in [-0.15, -0.1) is 10.1 Å². The van der Waals surface area contributed by atoms with Gasteiger partial charge in [0.15, 0.2) is 6.79 Å². The number of alkyl halides is 1. The van der Waals surface area contributed by atoms with Crippen molar-refractivity contribution in [3.8, 4) is 5.75 Å². The van der Waals surface area contributed by atoms with E-state index >= 15 is 0 Å². The third kappa shape index (κ3) is 7.78. The fraction of sp³-hybridized carbons (Fsp3) is 0.167. The first-order valence-electron chi connectivity index (χ1n) is 8.06. The highest BCUT2D eigenvalue weighted by molar-refractivity contribution is 6.30. The van der Waals surface area contributed by atoms with Crippen molar-refractivity contribution in [1.82, 2.24) is 9.55 Å². The van der Waals surface area contributed by atoms with Crippen LogP contribution >= 0.6 is 34.8 Å². The predicted octanol–water partition coefficient (Wildman–Crippen LogP) is 4.99. The van der Waals surface area contributed by atoms with Crippen LogP contribution in [0.15, 0.2) is 67.3 Å². The summed E-state index contributed by atoms with van der Waals surface area (Å²) in [6, 6.07) is 14.4. The molecule has 1 N–H and O–H groups in total. The third-order valence-corrected chi connectivity index (χ3v) is 4.49. The van der Waals surface area contributed by atoms with Crippen LogP contribution in [-0.4, -0.2) is 26.6 Å². The number of hydrogen-bond acceptors (Lipinski definition) is 5.